The molecule has 7 heteroatoms. The number of carbonyl (C=O) groups is 2. The number of hydrogen-bond acceptors (Lipinski definition) is 4. The van der Waals surface area contributed by atoms with Crippen LogP contribution in [0, 0.1) is 17.8 Å². The van der Waals surface area contributed by atoms with E-state index in [0.29, 0.717) is 25.0 Å². The minimum absolute atomic E-state index is 0.000288. The zero-order valence-electron chi connectivity index (χ0n) is 20.6. The first-order valence-corrected chi connectivity index (χ1v) is 13.2. The van der Waals surface area contributed by atoms with Crippen molar-refractivity contribution in [3.05, 3.63) is 71.9 Å². The van der Waals surface area contributed by atoms with Crippen molar-refractivity contribution < 1.29 is 14.3 Å². The smallest absolute Gasteiger partial charge is 0.256 e. The summed E-state index contributed by atoms with van der Waals surface area (Å²) in [6, 6.07) is 18.3. The molecule has 3 aromatic rings. The Kier molecular flexibility index (Phi) is 6.50. The maximum Gasteiger partial charge on any atom is 0.256 e. The van der Waals surface area contributed by atoms with Gasteiger partial charge in [0, 0.05) is 56.4 Å². The van der Waals surface area contributed by atoms with Gasteiger partial charge in [0.2, 0.25) is 5.91 Å². The van der Waals surface area contributed by atoms with E-state index >= 15 is 0 Å². The molecule has 1 aromatic heterocycles. The second kappa shape index (κ2) is 10.1. The van der Waals surface area contributed by atoms with Crippen molar-refractivity contribution >= 4 is 22.7 Å². The summed E-state index contributed by atoms with van der Waals surface area (Å²) in [4.78, 5) is 33.9. The van der Waals surface area contributed by atoms with E-state index in [1.165, 1.54) is 0 Å². The van der Waals surface area contributed by atoms with Gasteiger partial charge in [0.1, 0.15) is 0 Å². The van der Waals surface area contributed by atoms with Gasteiger partial charge in [-0.25, -0.2) is 0 Å². The summed E-state index contributed by atoms with van der Waals surface area (Å²) in [5.41, 5.74) is 2.93. The molecule has 2 amide bonds. The van der Waals surface area contributed by atoms with Crippen LogP contribution in [0.5, 0.6) is 0 Å². The van der Waals surface area contributed by atoms with Gasteiger partial charge in [0.15, 0.2) is 0 Å². The third-order valence-electron chi connectivity index (χ3n) is 8.22. The molecule has 6 rings (SSSR count). The highest BCUT2D eigenvalue weighted by Gasteiger charge is 2.42. The summed E-state index contributed by atoms with van der Waals surface area (Å²) < 4.78 is 5.42. The van der Waals surface area contributed by atoms with Gasteiger partial charge in [0.05, 0.1) is 24.1 Å². The van der Waals surface area contributed by atoms with Crippen LogP contribution in [0.15, 0.2) is 60.8 Å². The van der Waals surface area contributed by atoms with Crippen molar-refractivity contribution in [3.63, 3.8) is 0 Å². The number of benzene rings is 2. The summed E-state index contributed by atoms with van der Waals surface area (Å²) in [6.07, 6.45) is 3.53. The molecule has 2 N–H and O–H groups in total. The number of aromatic nitrogens is 1. The monoisotopic (exact) mass is 486 g/mol. The van der Waals surface area contributed by atoms with Gasteiger partial charge in [-0.15, -0.1) is 0 Å². The Morgan fingerprint density at radius 1 is 1.00 bits per heavy atom. The third kappa shape index (κ3) is 4.65. The lowest BCUT2D eigenvalue weighted by molar-refractivity contribution is -0.125. The van der Waals surface area contributed by atoms with E-state index in [2.05, 4.69) is 27.3 Å². The Balaban J connectivity index is 1.05. The summed E-state index contributed by atoms with van der Waals surface area (Å²) in [6.45, 7) is 5.79. The lowest BCUT2D eigenvalue weighted by Gasteiger charge is -2.25. The predicted octanol–water partition coefficient (Wildman–Crippen LogP) is 3.46. The summed E-state index contributed by atoms with van der Waals surface area (Å²) in [5, 5.41) is 4.30. The number of aromatic amines is 1. The first-order chi connectivity index (χ1) is 17.7. The minimum Gasteiger partial charge on any atom is -0.381 e. The van der Waals surface area contributed by atoms with E-state index in [1.54, 1.807) is 0 Å². The van der Waals surface area contributed by atoms with Gasteiger partial charge in [-0.3, -0.25) is 9.59 Å². The largest absolute Gasteiger partial charge is 0.381 e. The van der Waals surface area contributed by atoms with E-state index in [0.717, 1.165) is 67.6 Å². The maximum absolute atomic E-state index is 13.3. The molecule has 36 heavy (non-hydrogen) atoms. The number of H-pyrrole nitrogens is 1. The van der Waals surface area contributed by atoms with E-state index in [-0.39, 0.29) is 23.8 Å². The van der Waals surface area contributed by atoms with Gasteiger partial charge < -0.3 is 24.8 Å². The standard InChI is InChI=1S/C29H34N4O3/c34-28(21-11-13-36-19-21)31-26(20-6-2-1-3-7-20)10-12-32-15-22-17-33(18-23(22)16-32)29(35)25-14-30-27-9-5-4-8-24(25)27/h1-9,14,21-23,26,30H,10-13,15-19H2,(H,31,34)/t21?,22?,23?,26-/m0/s1. The molecule has 188 valence electrons. The van der Waals surface area contributed by atoms with Gasteiger partial charge >= 0.3 is 0 Å². The van der Waals surface area contributed by atoms with Crippen molar-refractivity contribution in [2.75, 3.05) is 45.9 Å². The molecule has 0 bridgehead atoms. The molecule has 3 aliphatic rings. The van der Waals surface area contributed by atoms with Crippen molar-refractivity contribution in [3.8, 4) is 0 Å². The first kappa shape index (κ1) is 23.3. The normalized spacial score (nSPS) is 24.8. The quantitative estimate of drug-likeness (QED) is 0.536. The number of ether oxygens (including phenoxy) is 1. The van der Waals surface area contributed by atoms with Crippen LogP contribution >= 0.6 is 0 Å². The molecule has 0 radical (unpaired) electrons. The predicted molar refractivity (Wildman–Crippen MR) is 138 cm³/mol. The highest BCUT2D eigenvalue weighted by atomic mass is 16.5. The molecule has 3 saturated heterocycles. The van der Waals surface area contributed by atoms with Crippen molar-refractivity contribution in [1.29, 1.82) is 0 Å². The van der Waals surface area contributed by atoms with Crippen molar-refractivity contribution in [1.82, 2.24) is 20.1 Å². The number of nitrogens with one attached hydrogen (secondary N) is 2. The Morgan fingerprint density at radius 2 is 1.75 bits per heavy atom. The molecule has 4 heterocycles. The fourth-order valence-corrected chi connectivity index (χ4v) is 6.21. The molecule has 3 fully saturated rings. The fourth-order valence-electron chi connectivity index (χ4n) is 6.21. The summed E-state index contributed by atoms with van der Waals surface area (Å²) >= 11 is 0. The SMILES string of the molecule is O=C(N[C@@H](CCN1CC2CN(C(=O)c3c[nH]c4ccccc34)CC2C1)c1ccccc1)C1CCOC1. The topological polar surface area (TPSA) is 77.7 Å². The zero-order valence-corrected chi connectivity index (χ0v) is 20.6. The molecule has 3 unspecified atom stereocenters. The van der Waals surface area contributed by atoms with Gasteiger partial charge in [-0.1, -0.05) is 48.5 Å². The van der Waals surface area contributed by atoms with Crippen LogP contribution in [-0.2, 0) is 9.53 Å². The van der Waals surface area contributed by atoms with Crippen molar-refractivity contribution in [2.24, 2.45) is 17.8 Å². The minimum atomic E-state index is -0.0389. The van der Waals surface area contributed by atoms with Crippen molar-refractivity contribution in [2.45, 2.75) is 18.9 Å². The highest BCUT2D eigenvalue weighted by molar-refractivity contribution is 6.06. The molecule has 0 saturated carbocycles. The molecule has 0 aliphatic carbocycles. The number of carbonyl (C=O) groups excluding carboxylic acids is 2. The second-order valence-electron chi connectivity index (χ2n) is 10.6. The molecule has 2 aromatic carbocycles. The average molecular weight is 487 g/mol. The second-order valence-corrected chi connectivity index (χ2v) is 10.6. The highest BCUT2D eigenvalue weighted by Crippen LogP contribution is 2.33. The van der Waals surface area contributed by atoms with Crippen LogP contribution in [-0.4, -0.2) is 72.5 Å². The van der Waals surface area contributed by atoms with E-state index in [9.17, 15) is 9.59 Å². The van der Waals surface area contributed by atoms with Crippen LogP contribution < -0.4 is 5.32 Å². The number of likely N-dealkylation sites (tertiary alicyclic amines) is 2. The lowest BCUT2D eigenvalue weighted by atomic mass is 10.0. The number of hydrogen-bond donors (Lipinski definition) is 2. The number of amides is 2. The van der Waals surface area contributed by atoms with Gasteiger partial charge in [0.25, 0.3) is 5.91 Å². The maximum atomic E-state index is 13.3. The van der Waals surface area contributed by atoms with Crippen LogP contribution in [0.3, 0.4) is 0 Å². The molecule has 4 atom stereocenters. The third-order valence-corrected chi connectivity index (χ3v) is 8.22. The Bertz CT molecular complexity index is 1210. The number of nitrogens with zero attached hydrogens (tertiary/aromatic N) is 2. The summed E-state index contributed by atoms with van der Waals surface area (Å²) in [7, 11) is 0. The van der Waals surface area contributed by atoms with E-state index < -0.39 is 0 Å². The average Bonchev–Trinajstić information content (AvgIpc) is 3.70. The molecule has 3 aliphatic heterocycles. The zero-order chi connectivity index (χ0) is 24.5. The molecular weight excluding hydrogens is 452 g/mol. The van der Waals surface area contributed by atoms with Crippen LogP contribution in [0.2, 0.25) is 0 Å². The van der Waals surface area contributed by atoms with Crippen LogP contribution in [0.25, 0.3) is 10.9 Å². The molecule has 7 nitrogen and oxygen atoms in total. The fraction of sp³-hybridized carbons (Fsp3) is 0.448. The number of rotatable bonds is 7. The number of fused-ring (bicyclic) bond motifs is 2. The number of para-hydroxylation sites is 1. The lowest BCUT2D eigenvalue weighted by Crippen LogP contribution is -2.37. The van der Waals surface area contributed by atoms with Gasteiger partial charge in [-0.05, 0) is 36.3 Å². The Morgan fingerprint density at radius 3 is 2.50 bits per heavy atom. The van der Waals surface area contributed by atoms with E-state index in [4.69, 9.17) is 4.74 Å². The van der Waals surface area contributed by atoms with Crippen LogP contribution in [0.1, 0.15) is 34.8 Å². The molecular formula is C29H34N4O3. The Labute approximate surface area is 211 Å². The Hall–Kier alpha value is -3.16. The summed E-state index contributed by atoms with van der Waals surface area (Å²) in [5.74, 6) is 1.23. The van der Waals surface area contributed by atoms with Crippen LogP contribution in [0.4, 0.5) is 0 Å². The molecule has 0 spiro atoms. The van der Waals surface area contributed by atoms with Gasteiger partial charge in [-0.2, -0.15) is 0 Å². The van der Waals surface area contributed by atoms with E-state index in [1.807, 2.05) is 53.6 Å². The first-order valence-electron chi connectivity index (χ1n) is 13.2.